The van der Waals surface area contributed by atoms with Crippen molar-refractivity contribution in [1.82, 2.24) is 0 Å². The number of fused-ring (bicyclic) bond motifs is 1. The molecule has 1 heterocycles. The second kappa shape index (κ2) is 3.41. The molecule has 0 aliphatic carbocycles. The third-order valence-corrected chi connectivity index (χ3v) is 2.42. The first-order valence-electron chi connectivity index (χ1n) is 4.61. The lowest BCUT2D eigenvalue weighted by molar-refractivity contribution is -0.384. The molecule has 0 atom stereocenters. The molecular weight excluding hydrogens is 212 g/mol. The molecule has 0 bridgehead atoms. The highest BCUT2D eigenvalue weighted by Gasteiger charge is 2.31. The molecular formula is C10H8N2O4. The normalized spacial score (nSPS) is 13.8. The van der Waals surface area contributed by atoms with E-state index in [1.54, 1.807) is 0 Å². The van der Waals surface area contributed by atoms with Crippen molar-refractivity contribution in [1.29, 1.82) is 0 Å². The van der Waals surface area contributed by atoms with Crippen molar-refractivity contribution < 1.29 is 14.5 Å². The molecule has 1 aromatic rings. The summed E-state index contributed by atoms with van der Waals surface area (Å²) in [5.74, 6) is -0.722. The largest absolute Gasteiger partial charge is 0.274 e. The Hall–Kier alpha value is -2.24. The number of nitro benzene ring substituents is 1. The number of imide groups is 1. The number of carbonyl (C=O) groups is 2. The van der Waals surface area contributed by atoms with Gasteiger partial charge in [0.05, 0.1) is 17.0 Å². The first kappa shape index (κ1) is 10.3. The van der Waals surface area contributed by atoms with Crippen LogP contribution in [0.5, 0.6) is 0 Å². The zero-order chi connectivity index (χ0) is 11.9. The van der Waals surface area contributed by atoms with Crippen molar-refractivity contribution in [2.75, 3.05) is 4.90 Å². The van der Waals surface area contributed by atoms with Gasteiger partial charge in [-0.05, 0) is 11.6 Å². The number of nitrogens with zero attached hydrogens (tertiary/aromatic N) is 2. The van der Waals surface area contributed by atoms with Crippen LogP contribution >= 0.6 is 0 Å². The molecule has 1 aliphatic rings. The summed E-state index contributed by atoms with van der Waals surface area (Å²) in [4.78, 5) is 33.8. The second-order valence-corrected chi connectivity index (χ2v) is 3.50. The number of hydrogen-bond donors (Lipinski definition) is 0. The molecule has 0 saturated carbocycles. The van der Waals surface area contributed by atoms with Gasteiger partial charge in [0, 0.05) is 19.1 Å². The van der Waals surface area contributed by atoms with E-state index < -0.39 is 4.92 Å². The number of carbonyl (C=O) groups excluding carboxylic acids is 2. The van der Waals surface area contributed by atoms with Crippen LogP contribution in [-0.2, 0) is 16.0 Å². The predicted molar refractivity (Wildman–Crippen MR) is 55.0 cm³/mol. The maximum atomic E-state index is 11.5. The van der Waals surface area contributed by atoms with Gasteiger partial charge < -0.3 is 0 Å². The number of anilines is 1. The second-order valence-electron chi connectivity index (χ2n) is 3.50. The molecule has 1 aromatic carbocycles. The van der Waals surface area contributed by atoms with Gasteiger partial charge in [-0.15, -0.1) is 0 Å². The average molecular weight is 220 g/mol. The highest BCUT2D eigenvalue weighted by atomic mass is 16.6. The number of hydrogen-bond acceptors (Lipinski definition) is 4. The van der Waals surface area contributed by atoms with Crippen LogP contribution in [0.4, 0.5) is 11.4 Å². The summed E-state index contributed by atoms with van der Waals surface area (Å²) in [6, 6.07) is 4.04. The Morgan fingerprint density at radius 2 is 2.19 bits per heavy atom. The third kappa shape index (κ3) is 1.44. The molecule has 6 heteroatoms. The van der Waals surface area contributed by atoms with E-state index in [-0.39, 0.29) is 23.9 Å². The van der Waals surface area contributed by atoms with E-state index >= 15 is 0 Å². The summed E-state index contributed by atoms with van der Waals surface area (Å²) in [5.41, 5.74) is 0.898. The van der Waals surface area contributed by atoms with Gasteiger partial charge in [-0.1, -0.05) is 0 Å². The Labute approximate surface area is 90.6 Å². The molecule has 0 radical (unpaired) electrons. The first-order valence-corrected chi connectivity index (χ1v) is 4.61. The van der Waals surface area contributed by atoms with Crippen molar-refractivity contribution in [2.45, 2.75) is 13.3 Å². The molecule has 6 nitrogen and oxygen atoms in total. The van der Waals surface area contributed by atoms with Crippen LogP contribution in [0.15, 0.2) is 18.2 Å². The molecule has 0 aromatic heterocycles. The topological polar surface area (TPSA) is 80.5 Å². The van der Waals surface area contributed by atoms with E-state index in [1.165, 1.54) is 25.1 Å². The van der Waals surface area contributed by atoms with E-state index in [0.717, 1.165) is 4.90 Å². The number of non-ortho nitro benzene ring substituents is 1. The van der Waals surface area contributed by atoms with Crippen LogP contribution in [0.1, 0.15) is 12.5 Å². The van der Waals surface area contributed by atoms with Gasteiger partial charge in [-0.2, -0.15) is 0 Å². The van der Waals surface area contributed by atoms with Crippen LogP contribution in [0.25, 0.3) is 0 Å². The van der Waals surface area contributed by atoms with Crippen LogP contribution in [-0.4, -0.2) is 16.7 Å². The minimum Gasteiger partial charge on any atom is -0.274 e. The summed E-state index contributed by atoms with van der Waals surface area (Å²) < 4.78 is 0. The number of benzene rings is 1. The molecule has 2 amide bonds. The fourth-order valence-corrected chi connectivity index (χ4v) is 1.77. The number of amides is 2. The fraction of sp³-hybridized carbons (Fsp3) is 0.200. The summed E-state index contributed by atoms with van der Waals surface area (Å²) in [6.45, 7) is 1.29. The van der Waals surface area contributed by atoms with Crippen LogP contribution < -0.4 is 4.90 Å². The van der Waals surface area contributed by atoms with Gasteiger partial charge in [0.1, 0.15) is 0 Å². The highest BCUT2D eigenvalue weighted by Crippen LogP contribution is 2.31. The molecule has 0 spiro atoms. The Morgan fingerprint density at radius 3 is 2.75 bits per heavy atom. The van der Waals surface area contributed by atoms with Gasteiger partial charge in [0.25, 0.3) is 5.69 Å². The molecule has 16 heavy (non-hydrogen) atoms. The Kier molecular flexibility index (Phi) is 2.19. The van der Waals surface area contributed by atoms with Crippen LogP contribution in [0.3, 0.4) is 0 Å². The molecule has 82 valence electrons. The molecule has 0 unspecified atom stereocenters. The standard InChI is InChI=1S/C10H8N2O4/c1-6(13)11-9-3-2-8(12(15)16)4-7(9)5-10(11)14/h2-4H,5H2,1H3. The minimum atomic E-state index is -0.527. The maximum Gasteiger partial charge on any atom is 0.269 e. The molecule has 0 fully saturated rings. The number of rotatable bonds is 1. The quantitative estimate of drug-likeness (QED) is 0.523. The zero-order valence-electron chi connectivity index (χ0n) is 8.47. The monoisotopic (exact) mass is 220 g/mol. The van der Waals surface area contributed by atoms with E-state index in [1.807, 2.05) is 0 Å². The molecule has 2 rings (SSSR count). The highest BCUT2D eigenvalue weighted by molar-refractivity contribution is 6.18. The van der Waals surface area contributed by atoms with Crippen molar-refractivity contribution in [3.8, 4) is 0 Å². The summed E-state index contributed by atoms with van der Waals surface area (Å²) >= 11 is 0. The Morgan fingerprint density at radius 1 is 1.50 bits per heavy atom. The van der Waals surface area contributed by atoms with Crippen molar-refractivity contribution >= 4 is 23.2 Å². The van der Waals surface area contributed by atoms with Gasteiger partial charge >= 0.3 is 0 Å². The van der Waals surface area contributed by atoms with Gasteiger partial charge in [0.15, 0.2) is 0 Å². The molecule has 0 saturated heterocycles. The van der Waals surface area contributed by atoms with Gasteiger partial charge in [-0.25, -0.2) is 0 Å². The van der Waals surface area contributed by atoms with Crippen LogP contribution in [0.2, 0.25) is 0 Å². The van der Waals surface area contributed by atoms with Crippen molar-refractivity contribution in [3.63, 3.8) is 0 Å². The van der Waals surface area contributed by atoms with E-state index in [0.29, 0.717) is 11.3 Å². The predicted octanol–water partition coefficient (Wildman–Crippen LogP) is 1.03. The fourth-order valence-electron chi connectivity index (χ4n) is 1.77. The molecule has 0 N–H and O–H groups in total. The SMILES string of the molecule is CC(=O)N1C(=O)Cc2cc([N+](=O)[O-])ccc21. The maximum absolute atomic E-state index is 11.5. The van der Waals surface area contributed by atoms with Crippen LogP contribution in [0, 0.1) is 10.1 Å². The third-order valence-electron chi connectivity index (χ3n) is 2.42. The van der Waals surface area contributed by atoms with Crippen molar-refractivity contribution in [2.24, 2.45) is 0 Å². The molecule has 1 aliphatic heterocycles. The summed E-state index contributed by atoms with van der Waals surface area (Å²) in [5, 5.41) is 10.5. The lowest BCUT2D eigenvalue weighted by atomic mass is 10.1. The first-order chi connectivity index (χ1) is 7.50. The Bertz CT molecular complexity index is 510. The van der Waals surface area contributed by atoms with E-state index in [4.69, 9.17) is 0 Å². The Balaban J connectivity index is 2.50. The smallest absolute Gasteiger partial charge is 0.269 e. The van der Waals surface area contributed by atoms with E-state index in [9.17, 15) is 19.7 Å². The lowest BCUT2D eigenvalue weighted by Gasteiger charge is -2.11. The van der Waals surface area contributed by atoms with Gasteiger partial charge in [0.2, 0.25) is 11.8 Å². The summed E-state index contributed by atoms with van der Waals surface area (Å²) in [7, 11) is 0. The van der Waals surface area contributed by atoms with Crippen molar-refractivity contribution in [3.05, 3.63) is 33.9 Å². The lowest BCUT2D eigenvalue weighted by Crippen LogP contribution is -2.31. The average Bonchev–Trinajstić information content (AvgIpc) is 2.51. The van der Waals surface area contributed by atoms with E-state index in [2.05, 4.69) is 0 Å². The summed E-state index contributed by atoms with van der Waals surface area (Å²) in [6.07, 6.45) is 0.0383. The van der Waals surface area contributed by atoms with Gasteiger partial charge in [-0.3, -0.25) is 24.6 Å². The minimum absolute atomic E-state index is 0.0383. The number of nitro groups is 1. The zero-order valence-corrected chi connectivity index (χ0v) is 8.47.